The van der Waals surface area contributed by atoms with E-state index in [1.54, 1.807) is 0 Å². The molecule has 1 saturated heterocycles. The van der Waals surface area contributed by atoms with Gasteiger partial charge in [-0.15, -0.1) is 0 Å². The van der Waals surface area contributed by atoms with Crippen molar-refractivity contribution in [3.05, 3.63) is 0 Å². The second kappa shape index (κ2) is 5.05. The second-order valence-electron chi connectivity index (χ2n) is 6.91. The molecule has 96 valence electrons. The van der Waals surface area contributed by atoms with Gasteiger partial charge in [0.25, 0.3) is 0 Å². The van der Waals surface area contributed by atoms with Gasteiger partial charge in [0.1, 0.15) is 0 Å². The largest absolute Gasteiger partial charge is 0.327 e. The Hall–Kier alpha value is -0.0800. The van der Waals surface area contributed by atoms with E-state index in [1.165, 1.54) is 19.5 Å². The molecule has 0 spiro atoms. The van der Waals surface area contributed by atoms with Crippen LogP contribution in [0.3, 0.4) is 0 Å². The van der Waals surface area contributed by atoms with Crippen LogP contribution in [0.1, 0.15) is 48.0 Å². The maximum absolute atomic E-state index is 6.19. The van der Waals surface area contributed by atoms with Gasteiger partial charge in [0.2, 0.25) is 0 Å². The fraction of sp³-hybridized carbons (Fsp3) is 1.00. The van der Waals surface area contributed by atoms with E-state index in [4.69, 9.17) is 5.73 Å². The predicted molar refractivity (Wildman–Crippen MR) is 71.4 cm³/mol. The van der Waals surface area contributed by atoms with Crippen LogP contribution in [-0.4, -0.2) is 30.1 Å². The van der Waals surface area contributed by atoms with Crippen molar-refractivity contribution in [1.82, 2.24) is 4.90 Å². The Balaban J connectivity index is 2.73. The highest BCUT2D eigenvalue weighted by Crippen LogP contribution is 2.31. The van der Waals surface area contributed by atoms with Crippen LogP contribution in [0.4, 0.5) is 0 Å². The zero-order chi connectivity index (χ0) is 12.5. The molecule has 2 N–H and O–H groups in total. The SMILES string of the molecule is CC(N)C(N1CCC(C)C(C)C1)C(C)(C)C. The third-order valence-electron chi connectivity index (χ3n) is 4.14. The van der Waals surface area contributed by atoms with Crippen molar-refractivity contribution in [3.8, 4) is 0 Å². The van der Waals surface area contributed by atoms with E-state index >= 15 is 0 Å². The first-order chi connectivity index (χ1) is 7.23. The summed E-state index contributed by atoms with van der Waals surface area (Å²) in [5.74, 6) is 1.67. The summed E-state index contributed by atoms with van der Waals surface area (Å²) in [6.45, 7) is 16.3. The third-order valence-corrected chi connectivity index (χ3v) is 4.14. The molecular formula is C14H30N2. The van der Waals surface area contributed by atoms with Gasteiger partial charge in [0.15, 0.2) is 0 Å². The Morgan fingerprint density at radius 3 is 2.12 bits per heavy atom. The van der Waals surface area contributed by atoms with Crippen molar-refractivity contribution >= 4 is 0 Å². The van der Waals surface area contributed by atoms with E-state index in [9.17, 15) is 0 Å². The van der Waals surface area contributed by atoms with Gasteiger partial charge < -0.3 is 5.73 Å². The summed E-state index contributed by atoms with van der Waals surface area (Å²) in [7, 11) is 0. The molecule has 0 aromatic carbocycles. The minimum Gasteiger partial charge on any atom is -0.327 e. The number of likely N-dealkylation sites (tertiary alicyclic amines) is 1. The second-order valence-corrected chi connectivity index (χ2v) is 6.91. The van der Waals surface area contributed by atoms with Gasteiger partial charge in [-0.25, -0.2) is 0 Å². The molecule has 0 aliphatic carbocycles. The number of nitrogens with two attached hydrogens (primary N) is 1. The Morgan fingerprint density at radius 1 is 1.19 bits per heavy atom. The summed E-state index contributed by atoms with van der Waals surface area (Å²) in [4.78, 5) is 2.62. The van der Waals surface area contributed by atoms with E-state index in [2.05, 4.69) is 46.4 Å². The number of rotatable bonds is 2. The Labute approximate surface area is 102 Å². The third kappa shape index (κ3) is 3.21. The van der Waals surface area contributed by atoms with Crippen molar-refractivity contribution < 1.29 is 0 Å². The summed E-state index contributed by atoms with van der Waals surface area (Å²) in [6.07, 6.45) is 1.32. The van der Waals surface area contributed by atoms with Gasteiger partial charge in [-0.3, -0.25) is 4.90 Å². The van der Waals surface area contributed by atoms with Crippen molar-refractivity contribution in [2.75, 3.05) is 13.1 Å². The molecule has 1 fully saturated rings. The highest BCUT2D eigenvalue weighted by molar-refractivity contribution is 4.91. The van der Waals surface area contributed by atoms with Crippen molar-refractivity contribution in [2.45, 2.75) is 60.0 Å². The summed E-state index contributed by atoms with van der Waals surface area (Å²) in [5, 5.41) is 0. The monoisotopic (exact) mass is 226 g/mol. The number of piperidine rings is 1. The molecule has 0 amide bonds. The predicted octanol–water partition coefficient (Wildman–Crippen LogP) is 2.73. The summed E-state index contributed by atoms with van der Waals surface area (Å²) in [5.41, 5.74) is 6.46. The van der Waals surface area contributed by atoms with Crippen molar-refractivity contribution in [2.24, 2.45) is 23.0 Å². The van der Waals surface area contributed by atoms with E-state index in [1.807, 2.05) is 0 Å². The molecule has 4 unspecified atom stereocenters. The van der Waals surface area contributed by atoms with E-state index in [-0.39, 0.29) is 11.5 Å². The molecule has 4 atom stereocenters. The quantitative estimate of drug-likeness (QED) is 0.784. The molecule has 0 aromatic heterocycles. The van der Waals surface area contributed by atoms with Crippen LogP contribution in [0.15, 0.2) is 0 Å². The zero-order valence-corrected chi connectivity index (χ0v) is 12.0. The highest BCUT2D eigenvalue weighted by atomic mass is 15.2. The lowest BCUT2D eigenvalue weighted by Crippen LogP contribution is -2.56. The average Bonchev–Trinajstić information content (AvgIpc) is 2.08. The number of hydrogen-bond acceptors (Lipinski definition) is 2. The Kier molecular flexibility index (Phi) is 4.42. The van der Waals surface area contributed by atoms with Gasteiger partial charge in [-0.1, -0.05) is 34.6 Å². The lowest BCUT2D eigenvalue weighted by Gasteiger charge is -2.47. The standard InChI is InChI=1S/C14H30N2/c1-10-7-8-16(9-11(10)2)13(12(3)15)14(4,5)6/h10-13H,7-9,15H2,1-6H3. The van der Waals surface area contributed by atoms with Gasteiger partial charge >= 0.3 is 0 Å². The van der Waals surface area contributed by atoms with E-state index in [0.717, 1.165) is 11.8 Å². The van der Waals surface area contributed by atoms with E-state index in [0.29, 0.717) is 6.04 Å². The van der Waals surface area contributed by atoms with E-state index < -0.39 is 0 Å². The zero-order valence-electron chi connectivity index (χ0n) is 12.0. The lowest BCUT2D eigenvalue weighted by atomic mass is 9.79. The normalized spacial score (nSPS) is 32.4. The smallest absolute Gasteiger partial charge is 0.0293 e. The average molecular weight is 226 g/mol. The topological polar surface area (TPSA) is 29.3 Å². The molecule has 1 heterocycles. The first-order valence-electron chi connectivity index (χ1n) is 6.73. The van der Waals surface area contributed by atoms with Crippen LogP contribution >= 0.6 is 0 Å². The van der Waals surface area contributed by atoms with Gasteiger partial charge in [-0.05, 0) is 37.1 Å². The molecule has 16 heavy (non-hydrogen) atoms. The lowest BCUT2D eigenvalue weighted by molar-refractivity contribution is 0.0300. The number of hydrogen-bond donors (Lipinski definition) is 1. The van der Waals surface area contributed by atoms with Gasteiger partial charge in [-0.2, -0.15) is 0 Å². The van der Waals surface area contributed by atoms with Crippen molar-refractivity contribution in [1.29, 1.82) is 0 Å². The minimum atomic E-state index is 0.251. The molecule has 1 rings (SSSR count). The number of nitrogens with zero attached hydrogens (tertiary/aromatic N) is 1. The van der Waals surface area contributed by atoms with Crippen LogP contribution < -0.4 is 5.73 Å². The summed E-state index contributed by atoms with van der Waals surface area (Å²) in [6, 6.07) is 0.753. The van der Waals surface area contributed by atoms with Crippen LogP contribution in [0.25, 0.3) is 0 Å². The molecule has 0 saturated carbocycles. The molecule has 0 bridgehead atoms. The van der Waals surface area contributed by atoms with Crippen LogP contribution in [0, 0.1) is 17.3 Å². The fourth-order valence-corrected chi connectivity index (χ4v) is 3.22. The summed E-state index contributed by atoms with van der Waals surface area (Å²) >= 11 is 0. The highest BCUT2D eigenvalue weighted by Gasteiger charge is 2.36. The van der Waals surface area contributed by atoms with Crippen LogP contribution in [0.2, 0.25) is 0 Å². The molecule has 0 aromatic rings. The molecule has 0 radical (unpaired) electrons. The maximum Gasteiger partial charge on any atom is 0.0293 e. The van der Waals surface area contributed by atoms with Crippen molar-refractivity contribution in [3.63, 3.8) is 0 Å². The Morgan fingerprint density at radius 2 is 1.75 bits per heavy atom. The molecular weight excluding hydrogens is 196 g/mol. The molecule has 1 aliphatic rings. The molecule has 2 nitrogen and oxygen atoms in total. The fourth-order valence-electron chi connectivity index (χ4n) is 3.22. The van der Waals surface area contributed by atoms with Crippen LogP contribution in [-0.2, 0) is 0 Å². The molecule has 2 heteroatoms. The minimum absolute atomic E-state index is 0.251. The first-order valence-corrected chi connectivity index (χ1v) is 6.73. The maximum atomic E-state index is 6.19. The van der Waals surface area contributed by atoms with Gasteiger partial charge in [0.05, 0.1) is 0 Å². The van der Waals surface area contributed by atoms with Crippen LogP contribution in [0.5, 0.6) is 0 Å². The summed E-state index contributed by atoms with van der Waals surface area (Å²) < 4.78 is 0. The first kappa shape index (κ1) is 14.0. The van der Waals surface area contributed by atoms with Gasteiger partial charge in [0, 0.05) is 18.6 Å². The Bertz CT molecular complexity index is 217. The molecule has 1 aliphatic heterocycles.